The summed E-state index contributed by atoms with van der Waals surface area (Å²) in [6.07, 6.45) is 1.90. The van der Waals surface area contributed by atoms with Crippen LogP contribution in [0.3, 0.4) is 0 Å². The minimum absolute atomic E-state index is 0.0373. The molecule has 0 heterocycles. The number of hydrogen-bond acceptors (Lipinski definition) is 2. The summed E-state index contributed by atoms with van der Waals surface area (Å²) in [5.41, 5.74) is 5.63. The topological polar surface area (TPSA) is 40.1 Å². The van der Waals surface area contributed by atoms with E-state index in [1.807, 2.05) is 36.4 Å². The van der Waals surface area contributed by atoms with E-state index in [-0.39, 0.29) is 17.0 Å². The Bertz CT molecular complexity index is 789. The molecule has 3 rings (SSSR count). The summed E-state index contributed by atoms with van der Waals surface area (Å²) < 4.78 is 34.9. The first-order valence-corrected chi connectivity index (χ1v) is 9.22. The van der Waals surface area contributed by atoms with E-state index >= 15 is 0 Å². The second-order valence-electron chi connectivity index (χ2n) is 7.13. The predicted molar refractivity (Wildman–Crippen MR) is 95.3 cm³/mol. The van der Waals surface area contributed by atoms with Gasteiger partial charge in [0.05, 0.1) is 0 Å². The first-order valence-electron chi connectivity index (χ1n) is 7.97. The van der Waals surface area contributed by atoms with E-state index in [2.05, 4.69) is 13.8 Å². The van der Waals surface area contributed by atoms with Gasteiger partial charge in [-0.3, -0.25) is 4.21 Å². The summed E-state index contributed by atoms with van der Waals surface area (Å²) in [4.78, 5) is 0. The second kappa shape index (κ2) is 6.61. The third-order valence-electron chi connectivity index (χ3n) is 4.45. The van der Waals surface area contributed by atoms with Crippen molar-refractivity contribution >= 4 is 22.2 Å². The van der Waals surface area contributed by atoms with E-state index in [9.17, 15) is 13.2 Å². The lowest BCUT2D eigenvalue weighted by atomic mass is 9.87. The van der Waals surface area contributed by atoms with Crippen LogP contribution in [0.25, 0.3) is 11.1 Å². The Kier molecular flexibility index (Phi) is 4.70. The van der Waals surface area contributed by atoms with Crippen molar-refractivity contribution in [3.8, 4) is 0 Å². The molecule has 2 aromatic rings. The van der Waals surface area contributed by atoms with E-state index in [0.29, 0.717) is 0 Å². The van der Waals surface area contributed by atoms with Crippen molar-refractivity contribution in [1.29, 1.82) is 0 Å². The average molecular weight is 343 g/mol. The van der Waals surface area contributed by atoms with Crippen LogP contribution < -0.4 is 0 Å². The maximum absolute atomic E-state index is 13.2. The molecular weight excluding hydrogens is 323 g/mol. The fourth-order valence-electron chi connectivity index (χ4n) is 3.37. The largest absolute Gasteiger partial charge is 0.772 e. The van der Waals surface area contributed by atoms with E-state index in [0.717, 1.165) is 29.5 Å². The quantitative estimate of drug-likeness (QED) is 0.738. The van der Waals surface area contributed by atoms with Gasteiger partial charge in [-0.25, -0.2) is 4.39 Å². The van der Waals surface area contributed by atoms with Crippen LogP contribution in [0, 0.1) is 11.2 Å². The fraction of sp³-hybridized carbons (Fsp3) is 0.300. The summed E-state index contributed by atoms with van der Waals surface area (Å²) in [5, 5.41) is 0. The summed E-state index contributed by atoms with van der Waals surface area (Å²) in [6, 6.07) is 14.4. The van der Waals surface area contributed by atoms with Crippen molar-refractivity contribution in [2.45, 2.75) is 32.4 Å². The number of allylic oxidation sites excluding steroid dienone is 2. The van der Waals surface area contributed by atoms with Crippen LogP contribution in [0.15, 0.2) is 48.5 Å². The first kappa shape index (κ1) is 17.1. The molecular formula is C20H20FO2S-. The highest BCUT2D eigenvalue weighted by atomic mass is 32.2. The fourth-order valence-corrected chi connectivity index (χ4v) is 3.84. The number of hydrogen-bond donors (Lipinski definition) is 0. The molecule has 0 amide bonds. The zero-order valence-corrected chi connectivity index (χ0v) is 14.7. The van der Waals surface area contributed by atoms with E-state index in [1.54, 1.807) is 0 Å². The average Bonchev–Trinajstić information content (AvgIpc) is 2.84. The van der Waals surface area contributed by atoms with Crippen molar-refractivity contribution < 1.29 is 13.2 Å². The molecule has 0 saturated heterocycles. The van der Waals surface area contributed by atoms with Crippen molar-refractivity contribution in [1.82, 2.24) is 0 Å². The minimum atomic E-state index is -2.07. The molecule has 24 heavy (non-hydrogen) atoms. The molecule has 1 aliphatic rings. The zero-order chi connectivity index (χ0) is 17.3. The highest BCUT2D eigenvalue weighted by Gasteiger charge is 2.31. The van der Waals surface area contributed by atoms with Gasteiger partial charge in [-0.05, 0) is 58.2 Å². The normalized spacial score (nSPS) is 18.0. The second-order valence-corrected chi connectivity index (χ2v) is 8.02. The van der Waals surface area contributed by atoms with Crippen LogP contribution in [0.5, 0.6) is 0 Å². The standard InChI is InChI=1S/C20H21FO2S/c1-20(2)11-18(15-5-3-14(4-6-15)13-24(22)23)19(12-20)16-7-9-17(21)10-8-16/h3-10H,11-13H2,1-2H3,(H,22,23)/p-1. The van der Waals surface area contributed by atoms with Gasteiger partial charge in [-0.1, -0.05) is 61.3 Å². The molecule has 0 N–H and O–H groups in total. The highest BCUT2D eigenvalue weighted by molar-refractivity contribution is 7.78. The Morgan fingerprint density at radius 1 is 0.958 bits per heavy atom. The summed E-state index contributed by atoms with van der Waals surface area (Å²) in [6.45, 7) is 4.47. The summed E-state index contributed by atoms with van der Waals surface area (Å²) in [7, 11) is 0. The minimum Gasteiger partial charge on any atom is -0.772 e. The maximum atomic E-state index is 13.2. The molecule has 2 nitrogen and oxygen atoms in total. The lowest BCUT2D eigenvalue weighted by Crippen LogP contribution is -2.05. The van der Waals surface area contributed by atoms with Gasteiger partial charge in [0.25, 0.3) is 0 Å². The zero-order valence-electron chi connectivity index (χ0n) is 13.8. The lowest BCUT2D eigenvalue weighted by molar-refractivity contribution is 0.406. The van der Waals surface area contributed by atoms with Gasteiger partial charge in [0.2, 0.25) is 0 Å². The number of rotatable bonds is 4. The number of benzene rings is 2. The third-order valence-corrected chi connectivity index (χ3v) is 5.02. The molecule has 2 aromatic carbocycles. The molecule has 0 aromatic heterocycles. The van der Waals surface area contributed by atoms with Crippen LogP contribution in [-0.2, 0) is 16.8 Å². The van der Waals surface area contributed by atoms with Gasteiger partial charge in [0, 0.05) is 5.75 Å². The smallest absolute Gasteiger partial charge is 0.123 e. The Morgan fingerprint density at radius 3 is 1.88 bits per heavy atom. The van der Waals surface area contributed by atoms with E-state index in [4.69, 9.17) is 0 Å². The molecule has 0 saturated carbocycles. The molecule has 126 valence electrons. The van der Waals surface area contributed by atoms with E-state index in [1.165, 1.54) is 23.3 Å². The van der Waals surface area contributed by atoms with Crippen molar-refractivity contribution in [3.63, 3.8) is 0 Å². The highest BCUT2D eigenvalue weighted by Crippen LogP contribution is 2.49. The Labute approximate surface area is 144 Å². The van der Waals surface area contributed by atoms with Gasteiger partial charge in [0.1, 0.15) is 5.82 Å². The van der Waals surface area contributed by atoms with Crippen LogP contribution in [0.2, 0.25) is 0 Å². The molecule has 0 aliphatic heterocycles. The summed E-state index contributed by atoms with van der Waals surface area (Å²) >= 11 is -2.07. The SMILES string of the molecule is CC1(C)CC(c2ccc(F)cc2)=C(c2ccc(CS(=O)[O-])cc2)C1. The van der Waals surface area contributed by atoms with Crippen LogP contribution in [0.1, 0.15) is 43.4 Å². The maximum Gasteiger partial charge on any atom is 0.123 e. The molecule has 1 atom stereocenters. The molecule has 4 heteroatoms. The van der Waals surface area contributed by atoms with Gasteiger partial charge in [0.15, 0.2) is 0 Å². The lowest BCUT2D eigenvalue weighted by Gasteiger charge is -2.17. The van der Waals surface area contributed by atoms with Gasteiger partial charge >= 0.3 is 0 Å². The van der Waals surface area contributed by atoms with Crippen molar-refractivity contribution in [3.05, 3.63) is 71.0 Å². The summed E-state index contributed by atoms with van der Waals surface area (Å²) in [5.74, 6) is -0.191. The third kappa shape index (κ3) is 3.82. The molecule has 0 spiro atoms. The predicted octanol–water partition coefficient (Wildman–Crippen LogP) is 4.94. The Morgan fingerprint density at radius 2 is 1.42 bits per heavy atom. The van der Waals surface area contributed by atoms with Crippen LogP contribution >= 0.6 is 0 Å². The molecule has 0 bridgehead atoms. The van der Waals surface area contributed by atoms with Gasteiger partial charge in [-0.15, -0.1) is 0 Å². The van der Waals surface area contributed by atoms with E-state index < -0.39 is 11.1 Å². The monoisotopic (exact) mass is 343 g/mol. The number of halogens is 1. The molecule has 0 fully saturated rings. The molecule has 1 unspecified atom stereocenters. The van der Waals surface area contributed by atoms with Gasteiger partial charge in [-0.2, -0.15) is 0 Å². The Hall–Kier alpha value is -1.78. The van der Waals surface area contributed by atoms with Gasteiger partial charge < -0.3 is 4.55 Å². The molecule has 0 radical (unpaired) electrons. The Balaban J connectivity index is 1.99. The molecule has 1 aliphatic carbocycles. The van der Waals surface area contributed by atoms with Crippen LogP contribution in [0.4, 0.5) is 4.39 Å². The van der Waals surface area contributed by atoms with Crippen molar-refractivity contribution in [2.24, 2.45) is 5.41 Å². The van der Waals surface area contributed by atoms with Crippen LogP contribution in [-0.4, -0.2) is 8.76 Å². The first-order chi connectivity index (χ1) is 11.3. The van der Waals surface area contributed by atoms with Crippen molar-refractivity contribution in [2.75, 3.05) is 0 Å².